The molecule has 0 saturated carbocycles. The molecule has 5 rings (SSSR count). The molecule has 11 nitrogen and oxygen atoms in total. The molecule has 2 saturated heterocycles. The molecule has 2 aliphatic rings. The lowest BCUT2D eigenvalue weighted by Gasteiger charge is -2.48. The fourth-order valence-corrected chi connectivity index (χ4v) is 6.77. The molecule has 1 aromatic heterocycles. The number of hydrogen-bond acceptors (Lipinski definition) is 9. The molecule has 0 aliphatic carbocycles. The van der Waals surface area contributed by atoms with Gasteiger partial charge in [-0.2, -0.15) is 4.31 Å². The molecule has 1 unspecified atom stereocenters. The van der Waals surface area contributed by atoms with Crippen molar-refractivity contribution in [1.82, 2.24) is 14.2 Å². The molecule has 2 fully saturated rings. The molecule has 2 atom stereocenters. The van der Waals surface area contributed by atoms with Gasteiger partial charge in [0.25, 0.3) is 5.91 Å². The van der Waals surface area contributed by atoms with Gasteiger partial charge in [-0.05, 0) is 67.8 Å². The second kappa shape index (κ2) is 13.0. The van der Waals surface area contributed by atoms with E-state index in [1.165, 1.54) is 35.5 Å². The number of halogens is 1. The zero-order chi connectivity index (χ0) is 31.5. The summed E-state index contributed by atoms with van der Waals surface area (Å²) in [5.74, 6) is -1.04. The van der Waals surface area contributed by atoms with E-state index in [2.05, 4.69) is 4.98 Å². The fourth-order valence-electron chi connectivity index (χ4n) is 5.17. The van der Waals surface area contributed by atoms with Gasteiger partial charge in [0.2, 0.25) is 10.0 Å². The summed E-state index contributed by atoms with van der Waals surface area (Å²) >= 11 is 0. The van der Waals surface area contributed by atoms with E-state index in [9.17, 15) is 22.4 Å². The number of ether oxygens (including phenoxy) is 3. The lowest BCUT2D eigenvalue weighted by atomic mass is 9.87. The third-order valence-corrected chi connectivity index (χ3v) is 9.48. The zero-order valence-corrected chi connectivity index (χ0v) is 25.3. The lowest BCUT2D eigenvalue weighted by molar-refractivity contribution is -0.161. The summed E-state index contributed by atoms with van der Waals surface area (Å²) in [7, 11) is -3.96. The van der Waals surface area contributed by atoms with Crippen molar-refractivity contribution < 1.29 is 36.6 Å². The number of carbonyl (C=O) groups is 2. The maximum Gasteiger partial charge on any atom is 0.324 e. The minimum Gasteiger partial charge on any atom is -0.478 e. The molecule has 0 spiro atoms. The van der Waals surface area contributed by atoms with E-state index in [4.69, 9.17) is 19.9 Å². The van der Waals surface area contributed by atoms with Gasteiger partial charge in [0.15, 0.2) is 11.7 Å². The number of pyridine rings is 1. The number of nitrogens with zero attached hydrogens (tertiary/aromatic N) is 3. The van der Waals surface area contributed by atoms with E-state index in [1.54, 1.807) is 47.5 Å². The summed E-state index contributed by atoms with van der Waals surface area (Å²) in [5.41, 5.74) is 6.99. The number of aryl methyl sites for hydroxylation is 1. The highest BCUT2D eigenvalue weighted by atomic mass is 32.2. The Labute approximate surface area is 255 Å². The van der Waals surface area contributed by atoms with Crippen LogP contribution in [0.25, 0.3) is 0 Å². The molecule has 2 N–H and O–H groups in total. The maximum atomic E-state index is 13.7. The first-order valence-corrected chi connectivity index (χ1v) is 15.7. The fraction of sp³-hybridized carbons (Fsp3) is 0.387. The highest BCUT2D eigenvalue weighted by Gasteiger charge is 2.52. The minimum atomic E-state index is -3.96. The minimum absolute atomic E-state index is 0.00368. The number of esters is 1. The van der Waals surface area contributed by atoms with Crippen LogP contribution in [0.4, 0.5) is 4.39 Å². The van der Waals surface area contributed by atoms with E-state index in [1.807, 2.05) is 6.92 Å². The Hall–Kier alpha value is -3.91. The molecule has 0 radical (unpaired) electrons. The Kier molecular flexibility index (Phi) is 9.30. The van der Waals surface area contributed by atoms with Gasteiger partial charge in [-0.1, -0.05) is 24.3 Å². The van der Waals surface area contributed by atoms with Crippen LogP contribution in [-0.4, -0.2) is 86.0 Å². The first-order valence-electron chi connectivity index (χ1n) is 14.3. The Morgan fingerprint density at radius 2 is 1.80 bits per heavy atom. The first-order chi connectivity index (χ1) is 21.0. The van der Waals surface area contributed by atoms with Crippen molar-refractivity contribution in [3.63, 3.8) is 0 Å². The average molecular weight is 627 g/mol. The van der Waals surface area contributed by atoms with Gasteiger partial charge in [-0.25, -0.2) is 12.8 Å². The van der Waals surface area contributed by atoms with E-state index < -0.39 is 39.6 Å². The lowest BCUT2D eigenvalue weighted by Crippen LogP contribution is -2.64. The second-order valence-electron chi connectivity index (χ2n) is 11.0. The summed E-state index contributed by atoms with van der Waals surface area (Å²) in [6, 6.07) is 14.4. The SMILES string of the molecule is Cc1ccc(OC2(c3ccc(F)cc3)CN(S(=O)(=O)c3cccc(C[C@H](N)C(=O)OC(C)C(=O)N4CCOCC4)c3)C2)cn1. The third-order valence-electron chi connectivity index (χ3n) is 7.69. The molecule has 13 heteroatoms. The summed E-state index contributed by atoms with van der Waals surface area (Å²) in [6.45, 7) is 5.00. The van der Waals surface area contributed by atoms with Crippen molar-refractivity contribution in [1.29, 1.82) is 0 Å². The quantitative estimate of drug-likeness (QED) is 0.335. The number of aromatic nitrogens is 1. The van der Waals surface area contributed by atoms with Crippen LogP contribution >= 0.6 is 0 Å². The Morgan fingerprint density at radius 3 is 2.45 bits per heavy atom. The van der Waals surface area contributed by atoms with E-state index in [0.29, 0.717) is 43.2 Å². The molecule has 2 aliphatic heterocycles. The van der Waals surface area contributed by atoms with Crippen LogP contribution < -0.4 is 10.5 Å². The molecule has 2 aromatic carbocycles. The van der Waals surface area contributed by atoms with Crippen LogP contribution in [0, 0.1) is 12.7 Å². The number of carbonyl (C=O) groups excluding carboxylic acids is 2. The van der Waals surface area contributed by atoms with Gasteiger partial charge < -0.3 is 24.8 Å². The number of hydrogen-bond donors (Lipinski definition) is 1. The highest BCUT2D eigenvalue weighted by molar-refractivity contribution is 7.89. The van der Waals surface area contributed by atoms with Crippen LogP contribution in [0.3, 0.4) is 0 Å². The summed E-state index contributed by atoms with van der Waals surface area (Å²) in [6.07, 6.45) is 0.558. The van der Waals surface area contributed by atoms with Crippen molar-refractivity contribution in [3.8, 4) is 5.75 Å². The van der Waals surface area contributed by atoms with Gasteiger partial charge in [0.1, 0.15) is 17.6 Å². The van der Waals surface area contributed by atoms with Crippen molar-refractivity contribution in [2.24, 2.45) is 5.73 Å². The number of morpholine rings is 1. The molecule has 1 amide bonds. The highest BCUT2D eigenvalue weighted by Crippen LogP contribution is 2.40. The largest absolute Gasteiger partial charge is 0.478 e. The molecular weight excluding hydrogens is 591 g/mol. The number of sulfonamides is 1. The monoisotopic (exact) mass is 626 g/mol. The number of rotatable bonds is 10. The van der Waals surface area contributed by atoms with Gasteiger partial charge >= 0.3 is 5.97 Å². The van der Waals surface area contributed by atoms with Crippen LogP contribution in [0.1, 0.15) is 23.7 Å². The van der Waals surface area contributed by atoms with Crippen LogP contribution in [0.5, 0.6) is 5.75 Å². The molecule has 3 heterocycles. The predicted octanol–water partition coefficient (Wildman–Crippen LogP) is 2.17. The van der Waals surface area contributed by atoms with Gasteiger partial charge in [-0.3, -0.25) is 14.6 Å². The third kappa shape index (κ3) is 6.91. The molecule has 44 heavy (non-hydrogen) atoms. The van der Waals surface area contributed by atoms with Crippen molar-refractivity contribution in [2.45, 2.75) is 42.9 Å². The van der Waals surface area contributed by atoms with Crippen LogP contribution in [0.15, 0.2) is 71.8 Å². The Balaban J connectivity index is 1.26. The topological polar surface area (TPSA) is 141 Å². The summed E-state index contributed by atoms with van der Waals surface area (Å²) in [5, 5.41) is 0. The van der Waals surface area contributed by atoms with Crippen LogP contribution in [0.2, 0.25) is 0 Å². The van der Waals surface area contributed by atoms with Gasteiger partial charge in [-0.15, -0.1) is 0 Å². The Morgan fingerprint density at radius 1 is 1.09 bits per heavy atom. The number of amides is 1. The number of nitrogens with two attached hydrogens (primary N) is 1. The molecule has 3 aromatic rings. The Bertz CT molecular complexity index is 1590. The van der Waals surface area contributed by atoms with Gasteiger partial charge in [0.05, 0.1) is 37.4 Å². The van der Waals surface area contributed by atoms with Crippen molar-refractivity contribution >= 4 is 21.9 Å². The molecule has 234 valence electrons. The summed E-state index contributed by atoms with van der Waals surface area (Å²) < 4.78 is 59.1. The maximum absolute atomic E-state index is 13.7. The number of benzene rings is 2. The molecule has 0 bridgehead atoms. The van der Waals surface area contributed by atoms with Crippen molar-refractivity contribution in [2.75, 3.05) is 39.4 Å². The average Bonchev–Trinajstić information content (AvgIpc) is 3.00. The predicted molar refractivity (Wildman–Crippen MR) is 158 cm³/mol. The molecular formula is C31H35FN4O7S. The smallest absolute Gasteiger partial charge is 0.324 e. The van der Waals surface area contributed by atoms with Gasteiger partial charge in [0, 0.05) is 18.8 Å². The van der Waals surface area contributed by atoms with E-state index >= 15 is 0 Å². The normalized spacial score (nSPS) is 18.1. The first kappa shape index (κ1) is 31.5. The standard InChI is InChI=1S/C31H35FN4O7S/c1-21-6-11-26(18-34-21)43-31(24-7-9-25(32)10-8-24)19-36(20-31)44(39,40)27-5-3-4-23(16-27)17-28(33)30(38)42-22(2)29(37)35-12-14-41-15-13-35/h3-11,16,18,22,28H,12-15,17,19-20,33H2,1-2H3/t22?,28-/m0/s1. The van der Waals surface area contributed by atoms with Crippen LogP contribution in [-0.2, 0) is 41.1 Å². The summed E-state index contributed by atoms with van der Waals surface area (Å²) in [4.78, 5) is 31.1. The van der Waals surface area contributed by atoms with E-state index in [0.717, 1.165) is 5.69 Å². The zero-order valence-electron chi connectivity index (χ0n) is 24.5. The van der Waals surface area contributed by atoms with E-state index in [-0.39, 0.29) is 30.3 Å². The van der Waals surface area contributed by atoms with Crippen molar-refractivity contribution in [3.05, 3.63) is 89.5 Å². The second-order valence-corrected chi connectivity index (χ2v) is 12.9.